The van der Waals surface area contributed by atoms with Crippen LogP contribution >= 0.6 is 0 Å². The minimum Gasteiger partial charge on any atom is -0.693 e. The van der Waals surface area contributed by atoms with Crippen LogP contribution in [0.5, 0.6) is 0 Å². The number of anilines is 1. The van der Waals surface area contributed by atoms with Crippen LogP contribution in [0.25, 0.3) is 30.8 Å². The van der Waals surface area contributed by atoms with Crippen molar-refractivity contribution in [2.75, 3.05) is 77.0 Å². The van der Waals surface area contributed by atoms with Gasteiger partial charge in [0.25, 0.3) is 0 Å². The van der Waals surface area contributed by atoms with E-state index in [1.165, 1.54) is 16.8 Å². The molecule has 5 radical (unpaired) electrons. The normalized spacial score (nSPS) is 17.0. The van der Waals surface area contributed by atoms with Crippen molar-refractivity contribution in [3.05, 3.63) is 205 Å². The summed E-state index contributed by atoms with van der Waals surface area (Å²) in [7, 11) is 0. The van der Waals surface area contributed by atoms with Crippen molar-refractivity contribution >= 4 is 36.2 Å². The van der Waals surface area contributed by atoms with Gasteiger partial charge in [0.15, 0.2) is 0 Å². The molecule has 0 spiro atoms. The number of rotatable bonds is 5. The number of piperazine rings is 1. The van der Waals surface area contributed by atoms with E-state index in [9.17, 15) is 24.0 Å². The first-order valence-electron chi connectivity index (χ1n) is 33.4. The number of piperidine rings is 2. The summed E-state index contributed by atoms with van der Waals surface area (Å²) in [4.78, 5) is 71.6. The van der Waals surface area contributed by atoms with E-state index < -0.39 is 28.0 Å². The van der Waals surface area contributed by atoms with E-state index >= 15 is 0 Å². The first-order chi connectivity index (χ1) is 44.3. The van der Waals surface area contributed by atoms with Crippen LogP contribution in [-0.4, -0.2) is 155 Å². The van der Waals surface area contributed by atoms with Gasteiger partial charge < -0.3 is 88.6 Å². The Morgan fingerprint density at radius 3 is 1.03 bits per heavy atom. The number of hydrogen-bond donors (Lipinski definition) is 0. The molecule has 5 amide bonds. The molecule has 0 aliphatic carbocycles. The Balaban J connectivity index is -0.000000383. The van der Waals surface area contributed by atoms with Gasteiger partial charge >= 0.3 is 30.5 Å². The standard InChI is InChI=1S/2C16H22NO2.C15H21N2O2.C15H20NO3.C15H20NO2.5H2N.5Y/c1-16(2,3)19-15(18)17-12-8-7-11-14(17)13-9-5-4-6-10-13;1-16(2,3)19-15(18)17-11-9-14(10-12-17)13-7-5-4-6-8-13;1-15(2,3)19-14(18)17-11-9-16(10-12-17)13-7-5-4-6-8-13;1-15(2,3)19-14(17)16-9-10-18-13(11-16)12-7-5-4-6-8-12;1-15(2,3)18-14(17)16-11-7-10-13(16)12-8-5-4-6-9-12;;;;;;;;;;/h5-6,9-10,14H,7-8,11-12H2,1-3H3;5-8,14H,9-12H2,1-3H3;5-8H,9-12H2,1-3H3;5-8,13H,9-11H2,1-3H3;5-6,8-9,13H,7,10-11H2,1-3H3;5*1H2;;;;;/q10*-1;;;;;. The van der Waals surface area contributed by atoms with Crippen molar-refractivity contribution < 1.29 is 216 Å². The molecule has 5 aromatic rings. The molecule has 104 heavy (non-hydrogen) atoms. The van der Waals surface area contributed by atoms with Crippen LogP contribution in [0.4, 0.5) is 29.7 Å². The predicted octanol–water partition coefficient (Wildman–Crippen LogP) is 20.0. The summed E-state index contributed by atoms with van der Waals surface area (Å²) >= 11 is 0. The van der Waals surface area contributed by atoms with E-state index in [0.29, 0.717) is 38.7 Å². The molecule has 5 fully saturated rings. The number of nitrogens with two attached hydrogens (primary N) is 5. The second-order valence-electron chi connectivity index (χ2n) is 29.1. The molecule has 0 saturated carbocycles. The number of benzene rings is 5. The zero-order chi connectivity index (χ0) is 68.7. The summed E-state index contributed by atoms with van der Waals surface area (Å²) in [6.45, 7) is 36.2. The van der Waals surface area contributed by atoms with E-state index in [1.807, 2.05) is 228 Å². The molecule has 0 bridgehead atoms. The summed E-state index contributed by atoms with van der Waals surface area (Å²) in [5.74, 6) is 0.549. The van der Waals surface area contributed by atoms with E-state index in [-0.39, 0.29) is 243 Å². The Morgan fingerprint density at radius 1 is 0.346 bits per heavy atom. The van der Waals surface area contributed by atoms with Crippen LogP contribution in [-0.2, 0) is 192 Å². The minimum atomic E-state index is -0.466. The average Bonchev–Trinajstić information content (AvgIpc) is 1.40. The van der Waals surface area contributed by atoms with Crippen LogP contribution in [0.1, 0.15) is 195 Å². The van der Waals surface area contributed by atoms with Crippen LogP contribution < -0.4 is 4.90 Å². The van der Waals surface area contributed by atoms with E-state index in [4.69, 9.17) is 28.4 Å². The molecule has 5 aliphatic rings. The third kappa shape index (κ3) is 41.0. The molecule has 0 aromatic heterocycles. The molecule has 5 heterocycles. The van der Waals surface area contributed by atoms with Crippen molar-refractivity contribution in [2.24, 2.45) is 0 Å². The molecular weight excluding hydrogens is 1700 g/mol. The third-order valence-electron chi connectivity index (χ3n) is 15.5. The zero-order valence-corrected chi connectivity index (χ0v) is 78.7. The van der Waals surface area contributed by atoms with Gasteiger partial charge in [-0.3, -0.25) is 0 Å². The summed E-state index contributed by atoms with van der Waals surface area (Å²) in [6.07, 6.45) is 6.07. The summed E-state index contributed by atoms with van der Waals surface area (Å²) < 4.78 is 32.8. The van der Waals surface area contributed by atoms with Gasteiger partial charge in [0.2, 0.25) is 0 Å². The Kier molecular flexibility index (Phi) is 56.6. The second-order valence-corrected chi connectivity index (χ2v) is 29.1. The second kappa shape index (κ2) is 53.4. The van der Waals surface area contributed by atoms with E-state index in [1.54, 1.807) is 9.80 Å². The Bertz CT molecular complexity index is 3020. The van der Waals surface area contributed by atoms with Gasteiger partial charge in [-0.05, 0) is 155 Å². The Morgan fingerprint density at radius 2 is 0.654 bits per heavy atom. The van der Waals surface area contributed by atoms with Gasteiger partial charge in [0.05, 0.1) is 19.3 Å². The van der Waals surface area contributed by atoms with Crippen LogP contribution in [0.15, 0.2) is 121 Å². The fourth-order valence-corrected chi connectivity index (χ4v) is 11.1. The maximum absolute atomic E-state index is 12.3. The quantitative estimate of drug-likeness (QED) is 0.117. The molecule has 10 rings (SSSR count). The number of carbonyl (C=O) groups is 5. The number of hydrogen-bond acceptors (Lipinski definition) is 12. The molecule has 27 heteroatoms. The Hall–Kier alpha value is -2.47. The maximum atomic E-state index is 12.3. The average molecular weight is 1820 g/mol. The van der Waals surface area contributed by atoms with Crippen molar-refractivity contribution in [2.45, 2.75) is 201 Å². The van der Waals surface area contributed by atoms with Crippen molar-refractivity contribution in [1.82, 2.24) is 24.5 Å². The van der Waals surface area contributed by atoms with Crippen molar-refractivity contribution in [3.63, 3.8) is 0 Å². The number of nitrogens with zero attached hydrogens (tertiary/aromatic N) is 6. The van der Waals surface area contributed by atoms with Crippen LogP contribution in [0.3, 0.4) is 0 Å². The summed E-state index contributed by atoms with van der Waals surface area (Å²) in [5, 5.41) is 0. The number of carbonyl (C=O) groups excluding carboxylic acids is 5. The number of morpholine rings is 1. The molecular formula is C77H115N11O11Y5-10. The van der Waals surface area contributed by atoms with Gasteiger partial charge in [-0.15, -0.1) is 28.8 Å². The Labute approximate surface area is 749 Å². The largest absolute Gasteiger partial charge is 0.693 e. The molecule has 3 atom stereocenters. The summed E-state index contributed by atoms with van der Waals surface area (Å²) in [5.41, 5.74) is 3.75. The van der Waals surface area contributed by atoms with Gasteiger partial charge in [0.1, 0.15) is 28.0 Å². The first-order valence-corrected chi connectivity index (χ1v) is 33.4. The van der Waals surface area contributed by atoms with E-state index in [0.717, 1.165) is 95.3 Å². The monoisotopic (exact) mass is 1810 g/mol. The summed E-state index contributed by atoms with van der Waals surface area (Å²) in [6, 6.07) is 54.7. The molecule has 5 saturated heterocycles. The third-order valence-corrected chi connectivity index (χ3v) is 15.5. The van der Waals surface area contributed by atoms with Gasteiger partial charge in [-0.2, -0.15) is 145 Å². The molecule has 10 N–H and O–H groups in total. The minimum absolute atomic E-state index is 0. The van der Waals surface area contributed by atoms with Crippen LogP contribution in [0.2, 0.25) is 0 Å². The number of likely N-dealkylation sites (tertiary alicyclic amines) is 3. The van der Waals surface area contributed by atoms with Gasteiger partial charge in [0, 0.05) is 235 Å². The van der Waals surface area contributed by atoms with E-state index in [2.05, 4.69) is 47.4 Å². The van der Waals surface area contributed by atoms with Crippen LogP contribution in [0, 0.1) is 30.3 Å². The smallest absolute Gasteiger partial charge is 0.410 e. The topological polar surface area (TPSA) is 328 Å². The SMILES string of the molecule is CC(C)(C)OC(=O)N1CCC(c2cc[c-]cc2)CC1.CC(C)(C)OC(=O)N1CCCC1c1cc[c-]cc1.CC(C)(C)OC(=O)N1CCCCC1c1cc[c-]cc1.CC(C)(C)OC(=O)N1CCN(c2cc[c-]cc2)CC1.CC(C)(C)OC(=O)N1CCOC(c2cc[c-]cc2)C1.[NH2-].[NH2-].[NH2-].[NH2-].[NH2-].[Y].[Y].[Y].[Y].[Y]. The van der Waals surface area contributed by atoms with Crippen molar-refractivity contribution in [3.8, 4) is 0 Å². The first kappa shape index (κ1) is 110. The van der Waals surface area contributed by atoms with Crippen molar-refractivity contribution in [1.29, 1.82) is 0 Å². The fraction of sp³-hybridized carbons (Fsp3) is 0.545. The molecule has 22 nitrogen and oxygen atoms in total. The predicted molar refractivity (Wildman–Crippen MR) is 394 cm³/mol. The fourth-order valence-electron chi connectivity index (χ4n) is 11.1. The number of amides is 5. The zero-order valence-electron chi connectivity index (χ0n) is 64.5. The molecule has 5 aromatic carbocycles. The van der Waals surface area contributed by atoms with Gasteiger partial charge in [-0.1, -0.05) is 5.69 Å². The molecule has 5 aliphatic heterocycles. The molecule has 569 valence electrons. The maximum Gasteiger partial charge on any atom is 0.410 e. The number of ether oxygens (including phenoxy) is 6. The molecule has 3 unspecified atom stereocenters. The van der Waals surface area contributed by atoms with Gasteiger partial charge in [-0.25, -0.2) is 24.0 Å².